The van der Waals surface area contributed by atoms with Gasteiger partial charge in [0.25, 0.3) is 0 Å². The van der Waals surface area contributed by atoms with Crippen molar-refractivity contribution in [3.05, 3.63) is 29.1 Å². The summed E-state index contributed by atoms with van der Waals surface area (Å²) in [5.41, 5.74) is 1.38. The lowest BCUT2D eigenvalue weighted by Crippen LogP contribution is -2.03. The van der Waals surface area contributed by atoms with Crippen LogP contribution in [0.3, 0.4) is 0 Å². The van der Waals surface area contributed by atoms with Crippen molar-refractivity contribution in [1.82, 2.24) is 0 Å². The average Bonchev–Trinajstić information content (AvgIpc) is 2.19. The summed E-state index contributed by atoms with van der Waals surface area (Å²) in [6.45, 7) is 3.42. The summed E-state index contributed by atoms with van der Waals surface area (Å²) in [6.07, 6.45) is 0.857. The Kier molecular flexibility index (Phi) is 4.09. The van der Waals surface area contributed by atoms with E-state index >= 15 is 0 Å². The van der Waals surface area contributed by atoms with E-state index in [1.807, 2.05) is 0 Å². The molecule has 1 aromatic carbocycles. The SMILES string of the molecule is COc1cc(C)c(F)cc1CC[C@H](C)O. The monoisotopic (exact) mass is 212 g/mol. The topological polar surface area (TPSA) is 29.5 Å². The third-order valence-electron chi connectivity index (χ3n) is 2.39. The summed E-state index contributed by atoms with van der Waals surface area (Å²) in [6, 6.07) is 3.17. The standard InChI is InChI=1S/C12H17FO2/c1-8-6-12(15-3)10(7-11(8)13)5-4-9(2)14/h6-7,9,14H,4-5H2,1-3H3/t9-/m0/s1. The Morgan fingerprint density at radius 3 is 2.67 bits per heavy atom. The van der Waals surface area contributed by atoms with Crippen molar-refractivity contribution < 1.29 is 14.2 Å². The van der Waals surface area contributed by atoms with Crippen LogP contribution in [0.25, 0.3) is 0 Å². The van der Waals surface area contributed by atoms with Crippen LogP contribution in [-0.2, 0) is 6.42 Å². The molecule has 0 heterocycles. The van der Waals surface area contributed by atoms with Crippen molar-refractivity contribution in [2.24, 2.45) is 0 Å². The summed E-state index contributed by atoms with van der Waals surface area (Å²) in [5, 5.41) is 9.17. The summed E-state index contributed by atoms with van der Waals surface area (Å²) < 4.78 is 18.5. The van der Waals surface area contributed by atoms with Gasteiger partial charge in [-0.2, -0.15) is 0 Å². The molecule has 2 nitrogen and oxygen atoms in total. The zero-order valence-corrected chi connectivity index (χ0v) is 9.38. The van der Waals surface area contributed by atoms with E-state index in [2.05, 4.69) is 0 Å². The highest BCUT2D eigenvalue weighted by atomic mass is 19.1. The molecule has 0 aromatic heterocycles. The second kappa shape index (κ2) is 5.12. The Bertz CT molecular complexity index is 335. The first-order chi connectivity index (χ1) is 7.04. The minimum Gasteiger partial charge on any atom is -0.496 e. The molecular weight excluding hydrogens is 195 g/mol. The second-order valence-corrected chi connectivity index (χ2v) is 3.80. The van der Waals surface area contributed by atoms with Crippen LogP contribution in [0.1, 0.15) is 24.5 Å². The van der Waals surface area contributed by atoms with Crippen molar-refractivity contribution in [2.75, 3.05) is 7.11 Å². The third kappa shape index (κ3) is 3.20. The van der Waals surface area contributed by atoms with Crippen LogP contribution in [0.2, 0.25) is 0 Å². The van der Waals surface area contributed by atoms with Crippen LogP contribution in [0.4, 0.5) is 4.39 Å². The predicted molar refractivity (Wildman–Crippen MR) is 57.7 cm³/mol. The fourth-order valence-electron chi connectivity index (χ4n) is 1.45. The van der Waals surface area contributed by atoms with Crippen molar-refractivity contribution in [3.8, 4) is 5.75 Å². The molecule has 1 rings (SSSR count). The van der Waals surface area contributed by atoms with Crippen LogP contribution in [-0.4, -0.2) is 18.3 Å². The zero-order chi connectivity index (χ0) is 11.4. The van der Waals surface area contributed by atoms with Crippen molar-refractivity contribution in [1.29, 1.82) is 0 Å². The summed E-state index contributed by atoms with van der Waals surface area (Å²) in [4.78, 5) is 0. The maximum absolute atomic E-state index is 13.3. The predicted octanol–water partition coefficient (Wildman–Crippen LogP) is 2.46. The van der Waals surface area contributed by atoms with Gasteiger partial charge >= 0.3 is 0 Å². The average molecular weight is 212 g/mol. The van der Waals surface area contributed by atoms with E-state index in [1.165, 1.54) is 6.07 Å². The lowest BCUT2D eigenvalue weighted by molar-refractivity contribution is 0.184. The van der Waals surface area contributed by atoms with Crippen LogP contribution in [0.15, 0.2) is 12.1 Å². The van der Waals surface area contributed by atoms with E-state index in [0.29, 0.717) is 24.2 Å². The molecule has 0 aliphatic rings. The molecule has 0 amide bonds. The molecular formula is C12H17FO2. The van der Waals surface area contributed by atoms with E-state index in [4.69, 9.17) is 9.84 Å². The largest absolute Gasteiger partial charge is 0.496 e. The molecule has 1 aromatic rings. The van der Waals surface area contributed by atoms with Gasteiger partial charge in [0.1, 0.15) is 11.6 Å². The molecule has 1 N–H and O–H groups in total. The Hall–Kier alpha value is -1.09. The fourth-order valence-corrected chi connectivity index (χ4v) is 1.45. The summed E-state index contributed by atoms with van der Waals surface area (Å²) in [7, 11) is 1.57. The van der Waals surface area contributed by atoms with Crippen molar-refractivity contribution in [2.45, 2.75) is 32.8 Å². The Labute approximate surface area is 89.7 Å². The number of rotatable bonds is 4. The van der Waals surface area contributed by atoms with Gasteiger partial charge in [0, 0.05) is 0 Å². The molecule has 0 radical (unpaired) electrons. The number of ether oxygens (including phenoxy) is 1. The Balaban J connectivity index is 2.89. The molecule has 0 aliphatic heterocycles. The van der Waals surface area contributed by atoms with E-state index < -0.39 is 0 Å². The van der Waals surface area contributed by atoms with Gasteiger partial charge in [-0.3, -0.25) is 0 Å². The van der Waals surface area contributed by atoms with Gasteiger partial charge < -0.3 is 9.84 Å². The van der Waals surface area contributed by atoms with E-state index in [-0.39, 0.29) is 11.9 Å². The van der Waals surface area contributed by atoms with E-state index in [9.17, 15) is 4.39 Å². The number of aliphatic hydroxyl groups excluding tert-OH is 1. The Morgan fingerprint density at radius 1 is 1.47 bits per heavy atom. The number of aliphatic hydroxyl groups is 1. The lowest BCUT2D eigenvalue weighted by Gasteiger charge is -2.11. The number of benzene rings is 1. The highest BCUT2D eigenvalue weighted by Crippen LogP contribution is 2.24. The summed E-state index contributed by atoms with van der Waals surface area (Å²) >= 11 is 0. The van der Waals surface area contributed by atoms with Crippen LogP contribution in [0.5, 0.6) is 5.75 Å². The first-order valence-corrected chi connectivity index (χ1v) is 5.05. The van der Waals surface area contributed by atoms with Gasteiger partial charge in [-0.05, 0) is 49.9 Å². The molecule has 0 unspecified atom stereocenters. The van der Waals surface area contributed by atoms with Gasteiger partial charge in [-0.25, -0.2) is 4.39 Å². The minimum absolute atomic E-state index is 0.226. The normalized spacial score (nSPS) is 12.6. The molecule has 0 saturated carbocycles. The quantitative estimate of drug-likeness (QED) is 0.830. The van der Waals surface area contributed by atoms with E-state index in [1.54, 1.807) is 27.0 Å². The molecule has 3 heteroatoms. The second-order valence-electron chi connectivity index (χ2n) is 3.80. The van der Waals surface area contributed by atoms with Crippen molar-refractivity contribution in [3.63, 3.8) is 0 Å². The highest BCUT2D eigenvalue weighted by molar-refractivity contribution is 5.38. The molecule has 1 atom stereocenters. The van der Waals surface area contributed by atoms with E-state index in [0.717, 1.165) is 5.56 Å². The third-order valence-corrected chi connectivity index (χ3v) is 2.39. The number of halogens is 1. The van der Waals surface area contributed by atoms with Gasteiger partial charge in [0.2, 0.25) is 0 Å². The lowest BCUT2D eigenvalue weighted by atomic mass is 10.0. The molecule has 0 fully saturated rings. The molecule has 15 heavy (non-hydrogen) atoms. The zero-order valence-electron chi connectivity index (χ0n) is 9.38. The van der Waals surface area contributed by atoms with Crippen LogP contribution < -0.4 is 4.74 Å². The number of methoxy groups -OCH3 is 1. The first-order valence-electron chi connectivity index (χ1n) is 5.05. The maximum atomic E-state index is 13.3. The molecule has 0 saturated heterocycles. The molecule has 0 spiro atoms. The van der Waals surface area contributed by atoms with Gasteiger partial charge in [-0.1, -0.05) is 0 Å². The highest BCUT2D eigenvalue weighted by Gasteiger charge is 2.08. The minimum atomic E-state index is -0.376. The van der Waals surface area contributed by atoms with Crippen LogP contribution in [0, 0.1) is 12.7 Å². The summed E-state index contributed by atoms with van der Waals surface area (Å²) in [5.74, 6) is 0.464. The Morgan fingerprint density at radius 2 is 2.13 bits per heavy atom. The molecule has 84 valence electrons. The smallest absolute Gasteiger partial charge is 0.126 e. The molecule has 0 bridgehead atoms. The van der Waals surface area contributed by atoms with Gasteiger partial charge in [0.15, 0.2) is 0 Å². The maximum Gasteiger partial charge on any atom is 0.126 e. The number of aryl methyl sites for hydroxylation is 2. The molecule has 0 aliphatic carbocycles. The van der Waals surface area contributed by atoms with Crippen LogP contribution >= 0.6 is 0 Å². The van der Waals surface area contributed by atoms with Crippen molar-refractivity contribution >= 4 is 0 Å². The van der Waals surface area contributed by atoms with Gasteiger partial charge in [0.05, 0.1) is 13.2 Å². The number of hydrogen-bond acceptors (Lipinski definition) is 2. The number of hydrogen-bond donors (Lipinski definition) is 1. The first kappa shape index (κ1) is 12.0. The fraction of sp³-hybridized carbons (Fsp3) is 0.500. The van der Waals surface area contributed by atoms with Gasteiger partial charge in [-0.15, -0.1) is 0 Å².